The second-order valence-electron chi connectivity index (χ2n) is 6.77. The van der Waals surface area contributed by atoms with E-state index in [0.29, 0.717) is 5.56 Å². The van der Waals surface area contributed by atoms with Gasteiger partial charge in [0.25, 0.3) is 5.91 Å². The maximum absolute atomic E-state index is 13.0. The van der Waals surface area contributed by atoms with Gasteiger partial charge >= 0.3 is 0 Å². The molecule has 142 valence electrons. The minimum Gasteiger partial charge on any atom is -0.336 e. The van der Waals surface area contributed by atoms with Gasteiger partial charge in [-0.3, -0.25) is 4.79 Å². The van der Waals surface area contributed by atoms with E-state index in [9.17, 15) is 17.6 Å². The summed E-state index contributed by atoms with van der Waals surface area (Å²) in [5, 5.41) is -0.662. The summed E-state index contributed by atoms with van der Waals surface area (Å²) in [7, 11) is -3.57. The van der Waals surface area contributed by atoms with Crippen molar-refractivity contribution in [1.82, 2.24) is 4.90 Å². The Morgan fingerprint density at radius 1 is 0.821 bits per heavy atom. The van der Waals surface area contributed by atoms with E-state index in [-0.39, 0.29) is 23.9 Å². The Balaban J connectivity index is 1.43. The van der Waals surface area contributed by atoms with Crippen LogP contribution in [-0.2, 0) is 9.84 Å². The summed E-state index contributed by atoms with van der Waals surface area (Å²) in [5.41, 5.74) is 2.60. The molecule has 3 aromatic carbocycles. The van der Waals surface area contributed by atoms with Crippen LogP contribution in [0.2, 0.25) is 0 Å². The number of hydrogen-bond acceptors (Lipinski definition) is 3. The largest absolute Gasteiger partial charge is 0.336 e. The number of carbonyl (C=O) groups excluding carboxylic acids is 1. The fourth-order valence-corrected chi connectivity index (χ4v) is 4.89. The summed E-state index contributed by atoms with van der Waals surface area (Å²) in [6.45, 7) is 0.276. The highest BCUT2D eigenvalue weighted by Gasteiger charge is 2.40. The molecule has 0 atom stereocenters. The normalized spacial score (nSPS) is 14.5. The lowest BCUT2D eigenvalue weighted by Crippen LogP contribution is -2.56. The van der Waals surface area contributed by atoms with Gasteiger partial charge in [-0.1, -0.05) is 42.5 Å². The van der Waals surface area contributed by atoms with Crippen LogP contribution in [0.25, 0.3) is 11.1 Å². The lowest BCUT2D eigenvalue weighted by molar-refractivity contribution is 0.0659. The molecule has 1 aliphatic heterocycles. The van der Waals surface area contributed by atoms with Gasteiger partial charge in [0.05, 0.1) is 4.90 Å². The van der Waals surface area contributed by atoms with Gasteiger partial charge in [0, 0.05) is 18.7 Å². The van der Waals surface area contributed by atoms with Gasteiger partial charge in [0.1, 0.15) is 11.1 Å². The Kier molecular flexibility index (Phi) is 4.73. The van der Waals surface area contributed by atoms with E-state index in [1.807, 2.05) is 42.5 Å². The molecule has 1 amide bonds. The molecule has 1 heterocycles. The summed E-state index contributed by atoms with van der Waals surface area (Å²) >= 11 is 0. The van der Waals surface area contributed by atoms with Gasteiger partial charge in [-0.2, -0.15) is 0 Å². The van der Waals surface area contributed by atoms with E-state index in [0.717, 1.165) is 23.3 Å². The zero-order valence-corrected chi connectivity index (χ0v) is 15.8. The molecule has 0 saturated carbocycles. The number of hydrogen-bond donors (Lipinski definition) is 0. The van der Waals surface area contributed by atoms with Gasteiger partial charge in [-0.05, 0) is 47.5 Å². The first-order valence-electron chi connectivity index (χ1n) is 8.89. The third-order valence-electron chi connectivity index (χ3n) is 4.96. The van der Waals surface area contributed by atoms with E-state index >= 15 is 0 Å². The first-order valence-corrected chi connectivity index (χ1v) is 10.4. The van der Waals surface area contributed by atoms with Crippen LogP contribution in [0.3, 0.4) is 0 Å². The molecule has 0 bridgehead atoms. The van der Waals surface area contributed by atoms with Crippen LogP contribution in [0.15, 0.2) is 83.8 Å². The fraction of sp³-hybridized carbons (Fsp3) is 0.136. The van der Waals surface area contributed by atoms with Crippen molar-refractivity contribution in [3.05, 3.63) is 90.2 Å². The van der Waals surface area contributed by atoms with Gasteiger partial charge in [0.2, 0.25) is 0 Å². The second kappa shape index (κ2) is 7.20. The first-order chi connectivity index (χ1) is 13.4. The molecular formula is C22H18FNO3S. The van der Waals surface area contributed by atoms with E-state index in [1.165, 1.54) is 17.0 Å². The summed E-state index contributed by atoms with van der Waals surface area (Å²) in [6.07, 6.45) is 0. The van der Waals surface area contributed by atoms with E-state index in [2.05, 4.69) is 0 Å². The minimum atomic E-state index is -3.57. The van der Waals surface area contributed by atoms with Crippen molar-refractivity contribution in [2.45, 2.75) is 10.1 Å². The molecule has 0 radical (unpaired) electrons. The molecule has 0 unspecified atom stereocenters. The Morgan fingerprint density at radius 3 is 2.00 bits per heavy atom. The van der Waals surface area contributed by atoms with Crippen LogP contribution >= 0.6 is 0 Å². The summed E-state index contributed by atoms with van der Waals surface area (Å²) < 4.78 is 38.2. The molecule has 1 fully saturated rings. The standard InChI is InChI=1S/C22H18FNO3S/c23-19-10-12-20(13-11-19)28(26,27)21-14-24(15-21)22(25)18-8-6-17(7-9-18)16-4-2-1-3-5-16/h1-13,21H,14-15H2. The maximum atomic E-state index is 13.0. The van der Waals surface area contributed by atoms with Crippen LogP contribution in [-0.4, -0.2) is 37.6 Å². The molecule has 1 aliphatic rings. The van der Waals surface area contributed by atoms with Crippen LogP contribution in [0.1, 0.15) is 10.4 Å². The zero-order chi connectivity index (χ0) is 19.7. The Labute approximate surface area is 163 Å². The minimum absolute atomic E-state index is 0.0817. The van der Waals surface area contributed by atoms with E-state index < -0.39 is 20.9 Å². The molecule has 6 heteroatoms. The number of carbonyl (C=O) groups is 1. The monoisotopic (exact) mass is 395 g/mol. The summed E-state index contributed by atoms with van der Waals surface area (Å²) in [4.78, 5) is 14.2. The van der Waals surface area contributed by atoms with E-state index in [4.69, 9.17) is 0 Å². The highest BCUT2D eigenvalue weighted by molar-refractivity contribution is 7.92. The third kappa shape index (κ3) is 3.43. The van der Waals surface area contributed by atoms with Crippen LogP contribution in [0.4, 0.5) is 4.39 Å². The van der Waals surface area contributed by atoms with Crippen molar-refractivity contribution in [1.29, 1.82) is 0 Å². The highest BCUT2D eigenvalue weighted by Crippen LogP contribution is 2.26. The predicted molar refractivity (Wildman–Crippen MR) is 105 cm³/mol. The van der Waals surface area contributed by atoms with Gasteiger partial charge < -0.3 is 4.90 Å². The summed E-state index contributed by atoms with van der Waals surface area (Å²) in [6, 6.07) is 21.9. The number of sulfone groups is 1. The fourth-order valence-electron chi connectivity index (χ4n) is 3.24. The smallest absolute Gasteiger partial charge is 0.253 e. The topological polar surface area (TPSA) is 54.5 Å². The van der Waals surface area contributed by atoms with Crippen molar-refractivity contribution >= 4 is 15.7 Å². The molecule has 3 aromatic rings. The number of amides is 1. The number of nitrogens with zero attached hydrogens (tertiary/aromatic N) is 1. The third-order valence-corrected chi connectivity index (χ3v) is 7.06. The number of rotatable bonds is 4. The van der Waals surface area contributed by atoms with Gasteiger partial charge in [-0.25, -0.2) is 12.8 Å². The molecule has 4 nitrogen and oxygen atoms in total. The molecular weight excluding hydrogens is 377 g/mol. The van der Waals surface area contributed by atoms with Crippen molar-refractivity contribution in [2.24, 2.45) is 0 Å². The van der Waals surface area contributed by atoms with Crippen LogP contribution in [0, 0.1) is 5.82 Å². The molecule has 4 rings (SSSR count). The van der Waals surface area contributed by atoms with Crippen LogP contribution < -0.4 is 0 Å². The predicted octanol–water partition coefficient (Wildman–Crippen LogP) is 3.79. The number of benzene rings is 3. The zero-order valence-electron chi connectivity index (χ0n) is 15.0. The molecule has 0 aliphatic carbocycles. The Bertz CT molecular complexity index is 1090. The van der Waals surface area contributed by atoms with Crippen molar-refractivity contribution in [3.63, 3.8) is 0 Å². The first kappa shape index (κ1) is 18.4. The maximum Gasteiger partial charge on any atom is 0.253 e. The Morgan fingerprint density at radius 2 is 1.39 bits per heavy atom. The average Bonchev–Trinajstić information content (AvgIpc) is 2.68. The number of likely N-dealkylation sites (tertiary alicyclic amines) is 1. The van der Waals surface area contributed by atoms with Gasteiger partial charge in [0.15, 0.2) is 9.84 Å². The lowest BCUT2D eigenvalue weighted by Gasteiger charge is -2.38. The molecule has 1 saturated heterocycles. The van der Waals surface area contributed by atoms with Crippen molar-refractivity contribution < 1.29 is 17.6 Å². The van der Waals surface area contributed by atoms with Crippen molar-refractivity contribution in [2.75, 3.05) is 13.1 Å². The average molecular weight is 395 g/mol. The Hall–Kier alpha value is -2.99. The molecule has 28 heavy (non-hydrogen) atoms. The van der Waals surface area contributed by atoms with E-state index in [1.54, 1.807) is 12.1 Å². The molecule has 0 aromatic heterocycles. The second-order valence-corrected chi connectivity index (χ2v) is 9.00. The summed E-state index contributed by atoms with van der Waals surface area (Å²) in [5.74, 6) is -0.673. The SMILES string of the molecule is O=C(c1ccc(-c2ccccc2)cc1)N1CC(S(=O)(=O)c2ccc(F)cc2)C1. The quantitative estimate of drug-likeness (QED) is 0.632. The molecule has 0 N–H and O–H groups in total. The van der Waals surface area contributed by atoms with Crippen molar-refractivity contribution in [3.8, 4) is 11.1 Å². The van der Waals surface area contributed by atoms with Crippen LogP contribution in [0.5, 0.6) is 0 Å². The highest BCUT2D eigenvalue weighted by atomic mass is 32.2. The van der Waals surface area contributed by atoms with Gasteiger partial charge in [-0.15, -0.1) is 0 Å². The number of halogens is 1. The molecule has 0 spiro atoms. The lowest BCUT2D eigenvalue weighted by atomic mass is 10.0.